The summed E-state index contributed by atoms with van der Waals surface area (Å²) in [5.74, 6) is 3.31. The van der Waals surface area contributed by atoms with E-state index >= 15 is 0 Å². The molecule has 4 aliphatic rings. The van der Waals surface area contributed by atoms with Crippen LogP contribution in [0.2, 0.25) is 0 Å². The molecule has 3 aliphatic carbocycles. The molecule has 4 fully saturated rings. The number of aromatic amines is 1. The zero-order valence-electron chi connectivity index (χ0n) is 28.0. The molecule has 2 aromatic carbocycles. The lowest BCUT2D eigenvalue weighted by atomic mass is 9.45. The van der Waals surface area contributed by atoms with Crippen LogP contribution >= 0.6 is 0 Å². The Bertz CT molecular complexity index is 1870. The molecule has 254 valence electrons. The van der Waals surface area contributed by atoms with E-state index in [2.05, 4.69) is 46.3 Å². The summed E-state index contributed by atoms with van der Waals surface area (Å²) in [6.07, 6.45) is 5.87. The first-order valence-electron chi connectivity index (χ1n) is 16.9. The van der Waals surface area contributed by atoms with Crippen molar-refractivity contribution < 1.29 is 13.5 Å². The lowest BCUT2D eigenvalue weighted by molar-refractivity contribution is -0.108. The van der Waals surface area contributed by atoms with Crippen molar-refractivity contribution in [1.29, 1.82) is 0 Å². The number of piperazine rings is 1. The quantitative estimate of drug-likeness (QED) is 0.175. The lowest BCUT2D eigenvalue weighted by Gasteiger charge is -2.61. The van der Waals surface area contributed by atoms with Crippen molar-refractivity contribution in [3.05, 3.63) is 70.5 Å². The summed E-state index contributed by atoms with van der Waals surface area (Å²) in [7, 11) is 1.49. The summed E-state index contributed by atoms with van der Waals surface area (Å²) >= 11 is 0. The molecule has 2 aromatic heterocycles. The third-order valence-electron chi connectivity index (χ3n) is 11.1. The van der Waals surface area contributed by atoms with E-state index in [9.17, 15) is 13.6 Å². The Labute approximate surface area is 279 Å². The third kappa shape index (κ3) is 5.95. The number of hydrogen-bond donors (Lipinski definition) is 3. The smallest absolute Gasteiger partial charge is 0.261 e. The average Bonchev–Trinajstić information content (AvgIpc) is 3.63. The number of alkyl halides is 1. The number of fused-ring (bicyclic) bond motifs is 3. The summed E-state index contributed by atoms with van der Waals surface area (Å²) < 4.78 is 35.2. The van der Waals surface area contributed by atoms with E-state index in [0.717, 1.165) is 18.1 Å². The Morgan fingerprint density at radius 1 is 1.21 bits per heavy atom. The number of halogens is 2. The maximum Gasteiger partial charge on any atom is 0.261 e. The molecule has 0 spiro atoms. The highest BCUT2D eigenvalue weighted by molar-refractivity contribution is 5.96. The first-order chi connectivity index (χ1) is 23.2. The molecular weight excluding hydrogens is 614 g/mol. The van der Waals surface area contributed by atoms with Crippen LogP contribution in [-0.4, -0.2) is 75.9 Å². The number of methoxy groups -OCH3 is 1. The monoisotopic (exact) mass is 658 g/mol. The highest BCUT2D eigenvalue weighted by atomic mass is 19.1. The molecule has 4 aromatic rings. The minimum atomic E-state index is -0.450. The second kappa shape index (κ2) is 12.9. The number of imidazole rings is 1. The molecule has 12 heteroatoms. The summed E-state index contributed by atoms with van der Waals surface area (Å²) in [4.78, 5) is 33.8. The summed E-state index contributed by atoms with van der Waals surface area (Å²) in [6.45, 7) is 8.72. The number of benzene rings is 2. The minimum Gasteiger partial charge on any atom is -0.497 e. The van der Waals surface area contributed by atoms with Gasteiger partial charge in [0.15, 0.2) is 17.6 Å². The largest absolute Gasteiger partial charge is 0.497 e. The fraction of sp³-hybridized carbons (Fsp3) is 0.500. The molecule has 1 aliphatic heterocycles. The molecule has 0 amide bonds. The number of ether oxygens (including phenoxy) is 1. The number of hydrogen-bond acceptors (Lipinski definition) is 6. The highest BCUT2D eigenvalue weighted by Crippen LogP contribution is 2.61. The number of H-pyrrole nitrogens is 1. The first kappa shape index (κ1) is 32.2. The van der Waals surface area contributed by atoms with Gasteiger partial charge in [-0.25, -0.2) is 23.7 Å². The lowest BCUT2D eigenvalue weighted by Crippen LogP contribution is -2.58. The van der Waals surface area contributed by atoms with Crippen LogP contribution in [0.5, 0.6) is 5.75 Å². The number of guanidine groups is 1. The van der Waals surface area contributed by atoms with Gasteiger partial charge in [-0.05, 0) is 72.3 Å². The maximum atomic E-state index is 14.8. The van der Waals surface area contributed by atoms with Gasteiger partial charge in [-0.1, -0.05) is 26.8 Å². The van der Waals surface area contributed by atoms with E-state index in [-0.39, 0.29) is 30.6 Å². The molecule has 10 nitrogen and oxygen atoms in total. The number of nitrogens with one attached hydrogen (secondary N) is 3. The van der Waals surface area contributed by atoms with Gasteiger partial charge in [0.25, 0.3) is 5.56 Å². The van der Waals surface area contributed by atoms with E-state index in [1.54, 1.807) is 35.2 Å². The van der Waals surface area contributed by atoms with Gasteiger partial charge in [0.05, 0.1) is 30.1 Å². The molecule has 3 heterocycles. The van der Waals surface area contributed by atoms with Gasteiger partial charge in [-0.15, -0.1) is 0 Å². The normalized spacial score (nSPS) is 25.2. The van der Waals surface area contributed by atoms with Crippen LogP contribution in [0.1, 0.15) is 39.2 Å². The van der Waals surface area contributed by atoms with E-state index in [0.29, 0.717) is 76.7 Å². The van der Waals surface area contributed by atoms with Gasteiger partial charge in [-0.3, -0.25) is 9.36 Å². The van der Waals surface area contributed by atoms with Crippen molar-refractivity contribution in [3.63, 3.8) is 0 Å². The SMILES string of the molecule is COc1ccc(CCn2c(-c3ncc[nH]3)nc3cc(NC(=N[C@H]4C[C@@H]5C[C@H]([C@@H]4C)C5(C)C)N4CCN[C@@H](CF)C4)ccc3c2=O)c(F)c1. The number of anilines is 1. The molecule has 2 bridgehead atoms. The predicted octanol–water partition coefficient (Wildman–Crippen LogP) is 5.26. The van der Waals surface area contributed by atoms with Crippen molar-refractivity contribution in [2.24, 2.45) is 28.2 Å². The fourth-order valence-electron chi connectivity index (χ4n) is 8.06. The molecule has 1 saturated heterocycles. The molecule has 3 N–H and O–H groups in total. The Kier molecular flexibility index (Phi) is 8.69. The summed E-state index contributed by atoms with van der Waals surface area (Å²) in [5, 5.41) is 7.25. The molecule has 48 heavy (non-hydrogen) atoms. The minimum absolute atomic E-state index is 0.176. The van der Waals surface area contributed by atoms with E-state index < -0.39 is 12.5 Å². The van der Waals surface area contributed by atoms with Crippen LogP contribution < -0.4 is 20.9 Å². The van der Waals surface area contributed by atoms with Crippen molar-refractivity contribution >= 4 is 22.5 Å². The molecule has 8 rings (SSSR count). The Hall–Kier alpha value is -4.32. The standard InChI is InChI=1S/C36H44F2N8O2/c1-21-28-15-23(36(28,2)3)16-30(21)44-35(45-14-12-39-25(19-37)20-45)42-24-6-8-27-31(17-24)43-33(32-40-10-11-41-32)46(34(27)47)13-9-22-5-7-26(48-4)18-29(22)38/h5-8,10-11,17-18,21,23,25,28,30,39H,9,12-16,19-20H2,1-4H3,(H,40,41)(H,42,44)/t21-,23-,25-,28+,30-/m0/s1. The first-order valence-corrected chi connectivity index (χ1v) is 16.9. The number of aryl methyl sites for hydroxylation is 1. The van der Waals surface area contributed by atoms with Crippen molar-refractivity contribution in [3.8, 4) is 17.4 Å². The van der Waals surface area contributed by atoms with Gasteiger partial charge in [-0.2, -0.15) is 0 Å². The van der Waals surface area contributed by atoms with Crippen molar-refractivity contribution in [2.75, 3.05) is 38.7 Å². The van der Waals surface area contributed by atoms with Crippen molar-refractivity contribution in [1.82, 2.24) is 29.7 Å². The molecule has 0 unspecified atom stereocenters. The van der Waals surface area contributed by atoms with Crippen LogP contribution in [0, 0.1) is 29.0 Å². The highest BCUT2D eigenvalue weighted by Gasteiger charge is 2.56. The number of aromatic nitrogens is 4. The zero-order chi connectivity index (χ0) is 33.6. The molecule has 3 saturated carbocycles. The van der Waals surface area contributed by atoms with E-state index in [1.165, 1.54) is 19.6 Å². The van der Waals surface area contributed by atoms with Gasteiger partial charge >= 0.3 is 0 Å². The van der Waals surface area contributed by atoms with Crippen LogP contribution in [-0.2, 0) is 13.0 Å². The Morgan fingerprint density at radius 2 is 2.06 bits per heavy atom. The summed E-state index contributed by atoms with van der Waals surface area (Å²) in [5.41, 5.74) is 1.81. The van der Waals surface area contributed by atoms with E-state index in [1.807, 2.05) is 12.1 Å². The topological polar surface area (TPSA) is 112 Å². The van der Waals surface area contributed by atoms with Gasteiger partial charge in [0, 0.05) is 50.3 Å². The molecule has 0 radical (unpaired) electrons. The molecule has 5 atom stereocenters. The van der Waals surface area contributed by atoms with Gasteiger partial charge in [0.2, 0.25) is 0 Å². The number of aliphatic imine (C=N–C) groups is 1. The number of nitrogens with zero attached hydrogens (tertiary/aromatic N) is 5. The average molecular weight is 659 g/mol. The Balaban J connectivity index is 1.22. The third-order valence-corrected chi connectivity index (χ3v) is 11.1. The number of rotatable bonds is 8. The zero-order valence-corrected chi connectivity index (χ0v) is 28.0. The van der Waals surface area contributed by atoms with Crippen molar-refractivity contribution in [2.45, 2.75) is 58.7 Å². The second-order valence-electron chi connectivity index (χ2n) is 14.1. The van der Waals surface area contributed by atoms with Gasteiger partial charge < -0.3 is 25.3 Å². The van der Waals surface area contributed by atoms with E-state index in [4.69, 9.17) is 14.7 Å². The molecular formula is C36H44F2N8O2. The predicted molar refractivity (Wildman–Crippen MR) is 184 cm³/mol. The second-order valence-corrected chi connectivity index (χ2v) is 14.1. The fourth-order valence-corrected chi connectivity index (χ4v) is 8.06. The maximum absolute atomic E-state index is 14.8. The van der Waals surface area contributed by atoms with Crippen LogP contribution in [0.25, 0.3) is 22.6 Å². The van der Waals surface area contributed by atoms with Gasteiger partial charge in [0.1, 0.15) is 18.2 Å². The van der Waals surface area contributed by atoms with Crippen LogP contribution in [0.4, 0.5) is 14.5 Å². The van der Waals surface area contributed by atoms with Crippen LogP contribution in [0.15, 0.2) is 58.6 Å². The Morgan fingerprint density at radius 3 is 2.77 bits per heavy atom. The summed E-state index contributed by atoms with van der Waals surface area (Å²) in [6, 6.07) is 10.1. The van der Waals surface area contributed by atoms with Crippen LogP contribution in [0.3, 0.4) is 0 Å².